The van der Waals surface area contributed by atoms with E-state index in [0.717, 1.165) is 16.9 Å². The summed E-state index contributed by atoms with van der Waals surface area (Å²) < 4.78 is 10.9. The second-order valence-corrected chi connectivity index (χ2v) is 3.74. The molecule has 0 aliphatic carbocycles. The molecule has 0 fully saturated rings. The third kappa shape index (κ3) is 3.93. The molecule has 2 heteroatoms. The minimum atomic E-state index is 0.248. The number of benzene rings is 2. The van der Waals surface area contributed by atoms with Crippen molar-refractivity contribution in [3.05, 3.63) is 72.6 Å². The first-order valence-electron chi connectivity index (χ1n) is 5.51. The van der Waals surface area contributed by atoms with Gasteiger partial charge in [0.15, 0.2) is 6.79 Å². The largest absolute Gasteiger partial charge is 0.468 e. The molecule has 17 heavy (non-hydrogen) atoms. The van der Waals surface area contributed by atoms with E-state index in [-0.39, 0.29) is 6.79 Å². The van der Waals surface area contributed by atoms with Crippen LogP contribution in [0.1, 0.15) is 11.1 Å². The van der Waals surface area contributed by atoms with E-state index in [0.29, 0.717) is 6.61 Å². The van der Waals surface area contributed by atoms with Crippen LogP contribution >= 0.6 is 0 Å². The predicted octanol–water partition coefficient (Wildman–Crippen LogP) is 3.42. The smallest absolute Gasteiger partial charge is 0.189 e. The highest BCUT2D eigenvalue weighted by atomic mass is 16.7. The average molecular weight is 227 g/mol. The van der Waals surface area contributed by atoms with Crippen LogP contribution in [0.5, 0.6) is 5.75 Å². The minimum Gasteiger partial charge on any atom is -0.468 e. The lowest BCUT2D eigenvalue weighted by molar-refractivity contribution is 0.00503. The summed E-state index contributed by atoms with van der Waals surface area (Å²) in [5, 5.41) is 0. The molecular formula is C15H15O2. The van der Waals surface area contributed by atoms with E-state index >= 15 is 0 Å². The molecule has 0 amide bonds. The standard InChI is InChI=1S/C15H15O2/c1-13-6-5-9-15(10-13)17-12-16-11-14-7-3-2-4-8-14/h2-10H,1,11-12H2. The number of hydrogen-bond donors (Lipinski definition) is 0. The van der Waals surface area contributed by atoms with Crippen LogP contribution < -0.4 is 4.74 Å². The molecule has 87 valence electrons. The Labute approximate surface area is 102 Å². The Morgan fingerprint density at radius 1 is 0.941 bits per heavy atom. The van der Waals surface area contributed by atoms with E-state index in [4.69, 9.17) is 9.47 Å². The molecule has 0 atom stereocenters. The van der Waals surface area contributed by atoms with E-state index in [1.54, 1.807) is 0 Å². The first-order valence-corrected chi connectivity index (χ1v) is 5.51. The van der Waals surface area contributed by atoms with Crippen molar-refractivity contribution in [2.45, 2.75) is 6.61 Å². The molecule has 2 rings (SSSR count). The van der Waals surface area contributed by atoms with Crippen molar-refractivity contribution in [1.82, 2.24) is 0 Å². The van der Waals surface area contributed by atoms with Crippen LogP contribution in [0, 0.1) is 6.92 Å². The molecule has 0 unspecified atom stereocenters. The number of ether oxygens (including phenoxy) is 2. The zero-order chi connectivity index (χ0) is 11.9. The van der Waals surface area contributed by atoms with Gasteiger partial charge in [0.25, 0.3) is 0 Å². The molecule has 0 bridgehead atoms. The van der Waals surface area contributed by atoms with Gasteiger partial charge in [-0.25, -0.2) is 0 Å². The molecular weight excluding hydrogens is 212 g/mol. The highest BCUT2D eigenvalue weighted by Crippen LogP contribution is 2.12. The normalized spacial score (nSPS) is 10.2. The Kier molecular flexibility index (Phi) is 4.17. The van der Waals surface area contributed by atoms with E-state index < -0.39 is 0 Å². The highest BCUT2D eigenvalue weighted by Gasteiger charge is 1.94. The average Bonchev–Trinajstić information content (AvgIpc) is 2.36. The van der Waals surface area contributed by atoms with Crippen LogP contribution in [0.25, 0.3) is 0 Å². The van der Waals surface area contributed by atoms with Gasteiger partial charge in [-0.15, -0.1) is 0 Å². The van der Waals surface area contributed by atoms with Crippen LogP contribution in [0.4, 0.5) is 0 Å². The molecule has 0 spiro atoms. The summed E-state index contributed by atoms with van der Waals surface area (Å²) in [5.74, 6) is 0.783. The summed E-state index contributed by atoms with van der Waals surface area (Å²) in [6, 6.07) is 17.6. The molecule has 0 saturated heterocycles. The molecule has 0 N–H and O–H groups in total. The van der Waals surface area contributed by atoms with Crippen molar-refractivity contribution in [2.75, 3.05) is 6.79 Å². The van der Waals surface area contributed by atoms with Crippen molar-refractivity contribution < 1.29 is 9.47 Å². The Morgan fingerprint density at radius 3 is 2.53 bits per heavy atom. The summed E-state index contributed by atoms with van der Waals surface area (Å²) in [6.07, 6.45) is 0. The van der Waals surface area contributed by atoms with E-state index in [1.165, 1.54) is 0 Å². The van der Waals surface area contributed by atoms with Crippen LogP contribution in [0.2, 0.25) is 0 Å². The summed E-state index contributed by atoms with van der Waals surface area (Å²) in [6.45, 7) is 4.65. The van der Waals surface area contributed by atoms with Crippen LogP contribution in [0.15, 0.2) is 54.6 Å². The molecule has 0 aliphatic rings. The number of hydrogen-bond acceptors (Lipinski definition) is 2. The van der Waals surface area contributed by atoms with Gasteiger partial charge in [-0.2, -0.15) is 0 Å². The molecule has 0 saturated carbocycles. The Bertz CT molecular complexity index is 451. The quantitative estimate of drug-likeness (QED) is 0.575. The van der Waals surface area contributed by atoms with Gasteiger partial charge in [-0.3, -0.25) is 0 Å². The molecule has 2 aromatic rings. The van der Waals surface area contributed by atoms with E-state index in [2.05, 4.69) is 6.92 Å². The fourth-order valence-corrected chi connectivity index (χ4v) is 1.48. The lowest BCUT2D eigenvalue weighted by Crippen LogP contribution is -2.02. The zero-order valence-electron chi connectivity index (χ0n) is 9.63. The Hall–Kier alpha value is -1.80. The lowest BCUT2D eigenvalue weighted by atomic mass is 10.2. The maximum atomic E-state index is 5.45. The van der Waals surface area contributed by atoms with Gasteiger partial charge in [0.2, 0.25) is 0 Å². The lowest BCUT2D eigenvalue weighted by Gasteiger charge is -2.07. The molecule has 2 aromatic carbocycles. The van der Waals surface area contributed by atoms with Crippen LogP contribution in [0.3, 0.4) is 0 Å². The third-order valence-electron chi connectivity index (χ3n) is 2.32. The monoisotopic (exact) mass is 227 g/mol. The van der Waals surface area contributed by atoms with Gasteiger partial charge in [0.1, 0.15) is 5.75 Å². The van der Waals surface area contributed by atoms with Gasteiger partial charge in [-0.05, 0) is 30.2 Å². The van der Waals surface area contributed by atoms with Gasteiger partial charge in [0, 0.05) is 0 Å². The van der Waals surface area contributed by atoms with Crippen molar-refractivity contribution in [3.63, 3.8) is 0 Å². The van der Waals surface area contributed by atoms with Crippen molar-refractivity contribution in [1.29, 1.82) is 0 Å². The summed E-state index contributed by atoms with van der Waals surface area (Å²) in [5.41, 5.74) is 2.08. The van der Waals surface area contributed by atoms with Gasteiger partial charge >= 0.3 is 0 Å². The molecule has 1 radical (unpaired) electrons. The van der Waals surface area contributed by atoms with Gasteiger partial charge in [0.05, 0.1) is 6.61 Å². The zero-order valence-corrected chi connectivity index (χ0v) is 9.63. The van der Waals surface area contributed by atoms with Crippen molar-refractivity contribution in [3.8, 4) is 5.75 Å². The summed E-state index contributed by atoms with van der Waals surface area (Å²) >= 11 is 0. The Balaban J connectivity index is 1.73. The fourth-order valence-electron chi connectivity index (χ4n) is 1.48. The van der Waals surface area contributed by atoms with Crippen molar-refractivity contribution >= 4 is 0 Å². The first-order chi connectivity index (χ1) is 8.34. The minimum absolute atomic E-state index is 0.248. The second-order valence-electron chi connectivity index (χ2n) is 3.74. The Morgan fingerprint density at radius 2 is 1.76 bits per heavy atom. The molecule has 0 aliphatic heterocycles. The third-order valence-corrected chi connectivity index (χ3v) is 2.32. The summed E-state index contributed by atoms with van der Waals surface area (Å²) in [7, 11) is 0. The van der Waals surface area contributed by atoms with E-state index in [1.807, 2.05) is 54.6 Å². The van der Waals surface area contributed by atoms with Crippen LogP contribution in [-0.4, -0.2) is 6.79 Å². The van der Waals surface area contributed by atoms with E-state index in [9.17, 15) is 0 Å². The van der Waals surface area contributed by atoms with Crippen LogP contribution in [-0.2, 0) is 11.3 Å². The maximum Gasteiger partial charge on any atom is 0.189 e. The van der Waals surface area contributed by atoms with Gasteiger partial charge < -0.3 is 9.47 Å². The highest BCUT2D eigenvalue weighted by molar-refractivity contribution is 5.29. The number of rotatable bonds is 5. The van der Waals surface area contributed by atoms with Crippen molar-refractivity contribution in [2.24, 2.45) is 0 Å². The SMILES string of the molecule is [CH2]c1cccc(OCOCc2ccccc2)c1. The van der Waals surface area contributed by atoms with Gasteiger partial charge in [-0.1, -0.05) is 42.5 Å². The first kappa shape index (κ1) is 11.7. The molecule has 0 heterocycles. The maximum absolute atomic E-state index is 5.45. The predicted molar refractivity (Wildman–Crippen MR) is 67.6 cm³/mol. The summed E-state index contributed by atoms with van der Waals surface area (Å²) in [4.78, 5) is 0. The topological polar surface area (TPSA) is 18.5 Å². The fraction of sp³-hybridized carbons (Fsp3) is 0.133. The molecule has 0 aromatic heterocycles. The second kappa shape index (κ2) is 6.06. The molecule has 2 nitrogen and oxygen atoms in total.